The SMILES string of the molecule is CCNC(=NCCSC)NCCS(=O)(=O)CC. The molecule has 0 heterocycles. The minimum absolute atomic E-state index is 0.149. The van der Waals surface area contributed by atoms with Crippen molar-refractivity contribution in [3.63, 3.8) is 0 Å². The van der Waals surface area contributed by atoms with Crippen molar-refractivity contribution in [3.8, 4) is 0 Å². The van der Waals surface area contributed by atoms with Crippen LogP contribution in [0.3, 0.4) is 0 Å². The van der Waals surface area contributed by atoms with Crippen molar-refractivity contribution in [1.29, 1.82) is 0 Å². The standard InChI is InChI=1S/C10H23N3O2S2/c1-4-11-10(12-6-8-16-3)13-7-9-17(14,15)5-2/h4-9H2,1-3H3,(H2,11,12,13). The Labute approximate surface area is 109 Å². The smallest absolute Gasteiger partial charge is 0.191 e. The molecule has 17 heavy (non-hydrogen) atoms. The highest BCUT2D eigenvalue weighted by molar-refractivity contribution is 7.98. The number of aliphatic imine (C=N–C) groups is 1. The van der Waals surface area contributed by atoms with Crippen LogP contribution < -0.4 is 10.6 Å². The summed E-state index contributed by atoms with van der Waals surface area (Å²) in [4.78, 5) is 4.33. The lowest BCUT2D eigenvalue weighted by molar-refractivity contribution is 0.596. The molecule has 0 fully saturated rings. The van der Waals surface area contributed by atoms with Crippen LogP contribution in [0.5, 0.6) is 0 Å². The molecule has 0 aromatic carbocycles. The third-order valence-corrected chi connectivity index (χ3v) is 4.35. The highest BCUT2D eigenvalue weighted by Gasteiger charge is 2.06. The summed E-state index contributed by atoms with van der Waals surface area (Å²) in [6.07, 6.45) is 2.03. The molecule has 7 heteroatoms. The van der Waals surface area contributed by atoms with Gasteiger partial charge in [-0.15, -0.1) is 0 Å². The molecule has 102 valence electrons. The number of hydrogen-bond donors (Lipinski definition) is 2. The fraction of sp³-hybridized carbons (Fsp3) is 0.900. The lowest BCUT2D eigenvalue weighted by Crippen LogP contribution is -2.39. The van der Waals surface area contributed by atoms with Gasteiger partial charge < -0.3 is 10.6 Å². The van der Waals surface area contributed by atoms with Crippen LogP contribution in [-0.2, 0) is 9.84 Å². The average Bonchev–Trinajstić information content (AvgIpc) is 2.29. The molecule has 0 saturated heterocycles. The zero-order valence-electron chi connectivity index (χ0n) is 10.8. The Morgan fingerprint density at radius 1 is 1.29 bits per heavy atom. The van der Waals surface area contributed by atoms with Crippen LogP contribution in [0.15, 0.2) is 4.99 Å². The van der Waals surface area contributed by atoms with Crippen molar-refractivity contribution in [3.05, 3.63) is 0 Å². The van der Waals surface area contributed by atoms with Crippen LogP contribution in [-0.4, -0.2) is 57.5 Å². The molecular weight excluding hydrogens is 258 g/mol. The third-order valence-electron chi connectivity index (χ3n) is 2.05. The van der Waals surface area contributed by atoms with Crippen LogP contribution in [0.2, 0.25) is 0 Å². The van der Waals surface area contributed by atoms with E-state index in [0.717, 1.165) is 18.8 Å². The van der Waals surface area contributed by atoms with Crippen LogP contribution in [0.1, 0.15) is 13.8 Å². The Bertz CT molecular complexity index is 316. The molecule has 5 nitrogen and oxygen atoms in total. The highest BCUT2D eigenvalue weighted by atomic mass is 32.2. The van der Waals surface area contributed by atoms with Gasteiger partial charge in [0, 0.05) is 24.6 Å². The number of hydrogen-bond acceptors (Lipinski definition) is 4. The van der Waals surface area contributed by atoms with E-state index < -0.39 is 9.84 Å². The molecule has 0 saturated carbocycles. The van der Waals surface area contributed by atoms with E-state index in [1.165, 1.54) is 0 Å². The van der Waals surface area contributed by atoms with Gasteiger partial charge in [-0.25, -0.2) is 8.42 Å². The number of thioether (sulfide) groups is 1. The van der Waals surface area contributed by atoms with Crippen molar-refractivity contribution in [2.24, 2.45) is 4.99 Å². The highest BCUT2D eigenvalue weighted by Crippen LogP contribution is 1.90. The average molecular weight is 281 g/mol. The monoisotopic (exact) mass is 281 g/mol. The zero-order valence-corrected chi connectivity index (χ0v) is 12.5. The summed E-state index contributed by atoms with van der Waals surface area (Å²) in [5, 5.41) is 6.10. The van der Waals surface area contributed by atoms with E-state index in [9.17, 15) is 8.42 Å². The van der Waals surface area contributed by atoms with Gasteiger partial charge in [-0.05, 0) is 13.2 Å². The summed E-state index contributed by atoms with van der Waals surface area (Å²) in [7, 11) is -2.90. The molecule has 0 rings (SSSR count). The number of nitrogens with zero attached hydrogens (tertiary/aromatic N) is 1. The summed E-state index contributed by atoms with van der Waals surface area (Å²) in [5.74, 6) is 1.99. The molecule has 0 aromatic heterocycles. The van der Waals surface area contributed by atoms with Gasteiger partial charge in [0.15, 0.2) is 15.8 Å². The quantitative estimate of drug-likeness (QED) is 0.381. The Morgan fingerprint density at radius 3 is 2.53 bits per heavy atom. The summed E-state index contributed by atoms with van der Waals surface area (Å²) in [5.41, 5.74) is 0. The molecule has 0 unspecified atom stereocenters. The van der Waals surface area contributed by atoms with Gasteiger partial charge in [0.2, 0.25) is 0 Å². The zero-order chi connectivity index (χ0) is 13.1. The number of rotatable bonds is 8. The molecule has 0 aliphatic carbocycles. The molecule has 0 aliphatic rings. The molecule has 0 bridgehead atoms. The van der Waals surface area contributed by atoms with Gasteiger partial charge in [-0.2, -0.15) is 11.8 Å². The lowest BCUT2D eigenvalue weighted by Gasteiger charge is -2.10. The molecule has 0 aromatic rings. The van der Waals surface area contributed by atoms with Crippen LogP contribution in [0.25, 0.3) is 0 Å². The van der Waals surface area contributed by atoms with Gasteiger partial charge in [0.25, 0.3) is 0 Å². The van der Waals surface area contributed by atoms with Gasteiger partial charge in [0.05, 0.1) is 12.3 Å². The van der Waals surface area contributed by atoms with Crippen molar-refractivity contribution in [2.45, 2.75) is 13.8 Å². The first-order valence-corrected chi connectivity index (χ1v) is 8.98. The van der Waals surface area contributed by atoms with E-state index in [2.05, 4.69) is 15.6 Å². The van der Waals surface area contributed by atoms with E-state index in [-0.39, 0.29) is 11.5 Å². The molecule has 0 radical (unpaired) electrons. The Kier molecular flexibility index (Phi) is 9.34. The normalized spacial score (nSPS) is 12.5. The molecular formula is C10H23N3O2S2. The number of nitrogens with one attached hydrogen (secondary N) is 2. The van der Waals surface area contributed by atoms with E-state index in [1.807, 2.05) is 13.2 Å². The predicted molar refractivity (Wildman–Crippen MR) is 76.7 cm³/mol. The van der Waals surface area contributed by atoms with Crippen molar-refractivity contribution < 1.29 is 8.42 Å². The number of guanidine groups is 1. The van der Waals surface area contributed by atoms with E-state index in [0.29, 0.717) is 12.5 Å². The first kappa shape index (κ1) is 16.6. The van der Waals surface area contributed by atoms with Crippen molar-refractivity contribution in [2.75, 3.05) is 43.1 Å². The van der Waals surface area contributed by atoms with E-state index in [4.69, 9.17) is 0 Å². The third kappa shape index (κ3) is 9.29. The minimum atomic E-state index is -2.90. The molecule has 0 spiro atoms. The summed E-state index contributed by atoms with van der Waals surface area (Å²) in [6.45, 7) is 5.55. The van der Waals surface area contributed by atoms with Gasteiger partial charge in [0.1, 0.15) is 0 Å². The molecule has 0 atom stereocenters. The van der Waals surface area contributed by atoms with Crippen LogP contribution >= 0.6 is 11.8 Å². The van der Waals surface area contributed by atoms with Crippen LogP contribution in [0.4, 0.5) is 0 Å². The Morgan fingerprint density at radius 2 is 2.00 bits per heavy atom. The largest absolute Gasteiger partial charge is 0.357 e. The second-order valence-corrected chi connectivity index (χ2v) is 6.87. The first-order valence-electron chi connectivity index (χ1n) is 5.77. The molecule has 0 amide bonds. The first-order chi connectivity index (χ1) is 8.05. The fourth-order valence-electron chi connectivity index (χ4n) is 1.06. The summed E-state index contributed by atoms with van der Waals surface area (Å²) >= 11 is 1.73. The molecule has 0 aliphatic heterocycles. The Hall–Kier alpha value is -0.430. The van der Waals surface area contributed by atoms with E-state index >= 15 is 0 Å². The lowest BCUT2D eigenvalue weighted by atomic mass is 10.6. The fourth-order valence-corrected chi connectivity index (χ4v) is 2.04. The van der Waals surface area contributed by atoms with Gasteiger partial charge in [-0.1, -0.05) is 6.92 Å². The predicted octanol–water partition coefficient (Wildman–Crippen LogP) is 0.339. The summed E-state index contributed by atoms with van der Waals surface area (Å²) in [6, 6.07) is 0. The summed E-state index contributed by atoms with van der Waals surface area (Å²) < 4.78 is 22.6. The van der Waals surface area contributed by atoms with Crippen molar-refractivity contribution in [1.82, 2.24) is 10.6 Å². The second kappa shape index (κ2) is 9.58. The Balaban J connectivity index is 4.04. The van der Waals surface area contributed by atoms with Gasteiger partial charge >= 0.3 is 0 Å². The topological polar surface area (TPSA) is 70.6 Å². The minimum Gasteiger partial charge on any atom is -0.357 e. The maximum absolute atomic E-state index is 11.3. The second-order valence-electron chi connectivity index (χ2n) is 3.42. The molecule has 2 N–H and O–H groups in total. The van der Waals surface area contributed by atoms with Gasteiger partial charge in [-0.3, -0.25) is 4.99 Å². The van der Waals surface area contributed by atoms with Crippen LogP contribution in [0, 0.1) is 0 Å². The van der Waals surface area contributed by atoms with E-state index in [1.54, 1.807) is 18.7 Å². The van der Waals surface area contributed by atoms with Crippen molar-refractivity contribution >= 4 is 27.6 Å². The maximum atomic E-state index is 11.3. The number of sulfone groups is 1. The maximum Gasteiger partial charge on any atom is 0.191 e.